The molecule has 0 fully saturated rings. The minimum Gasteiger partial charge on any atom is -0.308 e. The molecule has 4 heterocycles. The lowest BCUT2D eigenvalue weighted by Gasteiger charge is -2.26. The standard InChI is InChI=1S/C48H36N2/c1-47(2,29-15-7-5-8-16-29)31-23-25-39-35(27-31)43-41-33-19-11-14-22-38(33)50-40-26-24-32(48(3,4)30-17-9-6-10-18-30)28-36(40)44(46(41)50)42-34-20-12-13-21-37(34)49(39)45(42)43/h5-28H,1-4H3. The van der Waals surface area contributed by atoms with Crippen LogP contribution in [0.5, 0.6) is 0 Å². The van der Waals surface area contributed by atoms with E-state index in [9.17, 15) is 0 Å². The summed E-state index contributed by atoms with van der Waals surface area (Å²) in [6.45, 7) is 9.42. The van der Waals surface area contributed by atoms with Crippen molar-refractivity contribution in [1.82, 2.24) is 8.80 Å². The third-order valence-corrected chi connectivity index (χ3v) is 12.2. The molecular weight excluding hydrogens is 605 g/mol. The maximum absolute atomic E-state index is 2.56. The second-order valence-corrected chi connectivity index (χ2v) is 15.3. The fraction of sp³-hybridized carbons (Fsp3) is 0.125. The third-order valence-electron chi connectivity index (χ3n) is 12.2. The van der Waals surface area contributed by atoms with E-state index in [2.05, 4.69) is 182 Å². The molecule has 2 nitrogen and oxygen atoms in total. The van der Waals surface area contributed by atoms with E-state index in [1.165, 1.54) is 98.4 Å². The van der Waals surface area contributed by atoms with Crippen molar-refractivity contribution in [1.29, 1.82) is 0 Å². The molecule has 0 atom stereocenters. The predicted octanol–water partition coefficient (Wildman–Crippen LogP) is 12.6. The highest BCUT2D eigenvalue weighted by Crippen LogP contribution is 2.52. The molecule has 0 unspecified atom stereocenters. The van der Waals surface area contributed by atoms with Crippen LogP contribution < -0.4 is 0 Å². The van der Waals surface area contributed by atoms with Gasteiger partial charge in [0.15, 0.2) is 0 Å². The zero-order valence-electron chi connectivity index (χ0n) is 28.8. The van der Waals surface area contributed by atoms with Crippen molar-refractivity contribution < 1.29 is 0 Å². The third kappa shape index (κ3) is 3.34. The molecule has 7 aromatic carbocycles. The van der Waals surface area contributed by atoms with Crippen molar-refractivity contribution in [2.24, 2.45) is 0 Å². The van der Waals surface area contributed by atoms with Crippen LogP contribution in [-0.2, 0) is 10.8 Å². The highest BCUT2D eigenvalue weighted by molar-refractivity contribution is 6.45. The molecule has 0 saturated heterocycles. The Morgan fingerprint density at radius 3 is 1.08 bits per heavy atom. The Kier molecular flexibility index (Phi) is 5.28. The molecule has 238 valence electrons. The Labute approximate surface area is 290 Å². The van der Waals surface area contributed by atoms with E-state index in [4.69, 9.17) is 0 Å². The summed E-state index contributed by atoms with van der Waals surface area (Å²) in [6.07, 6.45) is 0. The van der Waals surface area contributed by atoms with Gasteiger partial charge in [-0.05, 0) is 58.7 Å². The summed E-state index contributed by atoms with van der Waals surface area (Å²) >= 11 is 0. The number of benzene rings is 7. The van der Waals surface area contributed by atoms with Crippen molar-refractivity contribution in [2.45, 2.75) is 38.5 Å². The van der Waals surface area contributed by atoms with Gasteiger partial charge < -0.3 is 8.80 Å². The van der Waals surface area contributed by atoms with Gasteiger partial charge in [0.25, 0.3) is 0 Å². The van der Waals surface area contributed by atoms with Gasteiger partial charge in [-0.2, -0.15) is 0 Å². The lowest BCUT2D eigenvalue weighted by molar-refractivity contribution is 0.642. The van der Waals surface area contributed by atoms with Crippen LogP contribution in [-0.4, -0.2) is 8.80 Å². The van der Waals surface area contributed by atoms with Gasteiger partial charge in [0.2, 0.25) is 0 Å². The summed E-state index contributed by atoms with van der Waals surface area (Å²) < 4.78 is 5.12. The van der Waals surface area contributed by atoms with E-state index in [0.29, 0.717) is 0 Å². The van der Waals surface area contributed by atoms with Crippen molar-refractivity contribution in [2.75, 3.05) is 0 Å². The molecule has 0 bridgehead atoms. The van der Waals surface area contributed by atoms with Crippen LogP contribution >= 0.6 is 0 Å². The molecule has 0 aliphatic rings. The predicted molar refractivity (Wildman–Crippen MR) is 213 cm³/mol. The summed E-state index contributed by atoms with van der Waals surface area (Å²) in [5.41, 5.74) is 12.8. The summed E-state index contributed by atoms with van der Waals surface area (Å²) in [5, 5.41) is 10.7. The van der Waals surface area contributed by atoms with Crippen LogP contribution in [0.25, 0.3) is 76.2 Å². The summed E-state index contributed by atoms with van der Waals surface area (Å²) in [6, 6.07) is 54.4. The average Bonchev–Trinajstić information content (AvgIpc) is 3.88. The van der Waals surface area contributed by atoms with Crippen LogP contribution in [0.4, 0.5) is 0 Å². The van der Waals surface area contributed by atoms with Gasteiger partial charge in [-0.15, -0.1) is 0 Å². The first-order chi connectivity index (χ1) is 24.4. The van der Waals surface area contributed by atoms with E-state index in [1.54, 1.807) is 0 Å². The van der Waals surface area contributed by atoms with E-state index in [0.717, 1.165) is 0 Å². The Hall–Kier alpha value is -5.86. The van der Waals surface area contributed by atoms with Gasteiger partial charge in [-0.25, -0.2) is 0 Å². The van der Waals surface area contributed by atoms with Crippen LogP contribution in [0.3, 0.4) is 0 Å². The van der Waals surface area contributed by atoms with Crippen LogP contribution in [0.15, 0.2) is 146 Å². The van der Waals surface area contributed by atoms with Crippen molar-refractivity contribution in [3.63, 3.8) is 0 Å². The highest BCUT2D eigenvalue weighted by Gasteiger charge is 2.31. The SMILES string of the molecule is CC(C)(c1ccccc1)c1ccc2c(c1)c1c3c4ccccc4n4c5ccc(C(C)(C)c6ccccc6)cc5c(c5c6ccccc6n2c51)c34. The van der Waals surface area contributed by atoms with Gasteiger partial charge in [-0.1, -0.05) is 137 Å². The quantitative estimate of drug-likeness (QED) is 0.181. The number of hydrogen-bond acceptors (Lipinski definition) is 0. The smallest absolute Gasteiger partial charge is 0.0634 e. The highest BCUT2D eigenvalue weighted by atomic mass is 14.9. The molecule has 2 heteroatoms. The van der Waals surface area contributed by atoms with Crippen molar-refractivity contribution in [3.05, 3.63) is 168 Å². The first-order valence-corrected chi connectivity index (χ1v) is 17.8. The first-order valence-electron chi connectivity index (χ1n) is 17.8. The van der Waals surface area contributed by atoms with Crippen LogP contribution in [0.2, 0.25) is 0 Å². The Balaban J connectivity index is 1.36. The molecule has 4 aromatic heterocycles. The maximum atomic E-state index is 2.56. The van der Waals surface area contributed by atoms with Crippen LogP contribution in [0, 0.1) is 0 Å². The Morgan fingerprint density at radius 2 is 0.660 bits per heavy atom. The number of fused-ring (bicyclic) bond motifs is 14. The Morgan fingerprint density at radius 1 is 0.320 bits per heavy atom. The molecule has 0 aliphatic carbocycles. The van der Waals surface area contributed by atoms with Gasteiger partial charge in [0.1, 0.15) is 0 Å². The van der Waals surface area contributed by atoms with E-state index < -0.39 is 0 Å². The molecule has 0 amide bonds. The number of hydrogen-bond donors (Lipinski definition) is 0. The van der Waals surface area contributed by atoms with Gasteiger partial charge in [0.05, 0.1) is 33.1 Å². The monoisotopic (exact) mass is 640 g/mol. The number of rotatable bonds is 4. The first kappa shape index (κ1) is 28.0. The Bertz CT molecular complexity index is 2900. The minimum atomic E-state index is -0.145. The molecule has 0 aliphatic heterocycles. The lowest BCUT2D eigenvalue weighted by Crippen LogP contribution is -2.18. The summed E-state index contributed by atoms with van der Waals surface area (Å²) in [4.78, 5) is 0. The molecule has 0 spiro atoms. The molecule has 0 N–H and O–H groups in total. The van der Waals surface area contributed by atoms with E-state index in [-0.39, 0.29) is 10.8 Å². The van der Waals surface area contributed by atoms with Gasteiger partial charge in [0, 0.05) is 53.9 Å². The second kappa shape index (κ2) is 9.43. The minimum absolute atomic E-state index is 0.145. The molecule has 50 heavy (non-hydrogen) atoms. The summed E-state index contributed by atoms with van der Waals surface area (Å²) in [5.74, 6) is 0. The fourth-order valence-corrected chi connectivity index (χ4v) is 9.40. The van der Waals surface area contributed by atoms with Crippen molar-refractivity contribution in [3.8, 4) is 0 Å². The van der Waals surface area contributed by atoms with Gasteiger partial charge >= 0.3 is 0 Å². The zero-order valence-corrected chi connectivity index (χ0v) is 28.8. The number of nitrogens with zero attached hydrogens (tertiary/aromatic N) is 2. The summed E-state index contributed by atoms with van der Waals surface area (Å²) in [7, 11) is 0. The zero-order chi connectivity index (χ0) is 33.5. The van der Waals surface area contributed by atoms with Crippen molar-refractivity contribution >= 4 is 76.2 Å². The van der Waals surface area contributed by atoms with Gasteiger partial charge in [-0.3, -0.25) is 0 Å². The topological polar surface area (TPSA) is 8.82 Å². The molecule has 11 rings (SSSR count). The molecular formula is C48H36N2. The number of aromatic nitrogens is 2. The van der Waals surface area contributed by atoms with E-state index in [1.807, 2.05) is 0 Å². The largest absolute Gasteiger partial charge is 0.308 e. The normalized spacial score (nSPS) is 13.2. The second-order valence-electron chi connectivity index (χ2n) is 15.3. The fourth-order valence-electron chi connectivity index (χ4n) is 9.40. The molecule has 0 radical (unpaired) electrons. The lowest BCUT2D eigenvalue weighted by atomic mass is 9.77. The molecule has 11 aromatic rings. The number of para-hydroxylation sites is 2. The average molecular weight is 641 g/mol. The maximum Gasteiger partial charge on any atom is 0.0634 e. The van der Waals surface area contributed by atoms with Crippen LogP contribution in [0.1, 0.15) is 49.9 Å². The molecule has 0 saturated carbocycles. The van der Waals surface area contributed by atoms with E-state index >= 15 is 0 Å².